The van der Waals surface area contributed by atoms with Crippen LogP contribution in [0.5, 0.6) is 0 Å². The number of halogens is 1. The fourth-order valence-electron chi connectivity index (χ4n) is 0.831. The monoisotopic (exact) mass is 248 g/mol. The van der Waals surface area contributed by atoms with Gasteiger partial charge in [0.1, 0.15) is 0 Å². The molecule has 0 heterocycles. The summed E-state index contributed by atoms with van der Waals surface area (Å²) in [4.78, 5) is 22.4. The number of nitrogens with one attached hydrogen (secondary N) is 2. The Bertz CT molecular complexity index is 252. The Balaban J connectivity index is 3.94. The van der Waals surface area contributed by atoms with Crippen molar-refractivity contribution in [2.75, 3.05) is 12.4 Å². The Hall–Kier alpha value is -0.770. The first-order chi connectivity index (χ1) is 7.29. The van der Waals surface area contributed by atoms with Gasteiger partial charge in [-0.25, -0.2) is 4.79 Å². The van der Waals surface area contributed by atoms with Crippen LogP contribution < -0.4 is 10.6 Å². The molecule has 0 saturated heterocycles. The van der Waals surface area contributed by atoms with E-state index in [1.807, 2.05) is 0 Å². The lowest BCUT2D eigenvalue weighted by Gasteiger charge is -2.29. The Kier molecular flexibility index (Phi) is 6.41. The van der Waals surface area contributed by atoms with E-state index in [-0.39, 0.29) is 23.6 Å². The van der Waals surface area contributed by atoms with Crippen LogP contribution in [0, 0.1) is 11.3 Å². The van der Waals surface area contributed by atoms with Gasteiger partial charge in [0.2, 0.25) is 5.91 Å². The molecule has 0 aromatic rings. The van der Waals surface area contributed by atoms with Crippen LogP contribution in [0.3, 0.4) is 0 Å². The molecule has 0 aliphatic carbocycles. The van der Waals surface area contributed by atoms with Gasteiger partial charge in [-0.3, -0.25) is 10.1 Å². The predicted octanol–water partition coefficient (Wildman–Crippen LogP) is 2.12. The highest BCUT2D eigenvalue weighted by Gasteiger charge is 2.23. The third-order valence-electron chi connectivity index (χ3n) is 2.84. The number of amides is 3. The second kappa shape index (κ2) is 6.74. The SMILES string of the molecule is CC(C)C(C)(C)CNC(=O)NC(=O)CCCl. The second-order valence-corrected chi connectivity index (χ2v) is 5.19. The number of imide groups is 1. The van der Waals surface area contributed by atoms with Crippen molar-refractivity contribution in [1.29, 1.82) is 0 Å². The van der Waals surface area contributed by atoms with Crippen LogP contribution >= 0.6 is 11.6 Å². The molecule has 0 aromatic heterocycles. The number of alkyl halides is 1. The van der Waals surface area contributed by atoms with Gasteiger partial charge in [0, 0.05) is 18.8 Å². The highest BCUT2D eigenvalue weighted by Crippen LogP contribution is 2.24. The number of hydrogen-bond acceptors (Lipinski definition) is 2. The van der Waals surface area contributed by atoms with E-state index in [1.54, 1.807) is 0 Å². The van der Waals surface area contributed by atoms with E-state index in [0.29, 0.717) is 12.5 Å². The maximum absolute atomic E-state index is 11.3. The first-order valence-electron chi connectivity index (χ1n) is 5.43. The van der Waals surface area contributed by atoms with E-state index in [1.165, 1.54) is 0 Å². The molecule has 5 heteroatoms. The maximum Gasteiger partial charge on any atom is 0.321 e. The molecule has 0 aliphatic heterocycles. The highest BCUT2D eigenvalue weighted by molar-refractivity contribution is 6.19. The molecule has 0 saturated carbocycles. The van der Waals surface area contributed by atoms with Crippen LogP contribution in [0.4, 0.5) is 4.79 Å². The maximum atomic E-state index is 11.3. The molecule has 0 aliphatic rings. The number of carbonyl (C=O) groups is 2. The van der Waals surface area contributed by atoms with Crippen molar-refractivity contribution in [3.63, 3.8) is 0 Å². The molecule has 3 amide bonds. The quantitative estimate of drug-likeness (QED) is 0.733. The Morgan fingerprint density at radius 3 is 2.31 bits per heavy atom. The standard InChI is InChI=1S/C11H21ClN2O2/c1-8(2)11(3,4)7-13-10(16)14-9(15)5-6-12/h8H,5-7H2,1-4H3,(H2,13,14,15,16). The van der Waals surface area contributed by atoms with Gasteiger partial charge in [0.15, 0.2) is 0 Å². The number of hydrogen-bond donors (Lipinski definition) is 2. The van der Waals surface area contributed by atoms with Crippen LogP contribution in [-0.2, 0) is 4.79 Å². The van der Waals surface area contributed by atoms with Crippen molar-refractivity contribution in [2.24, 2.45) is 11.3 Å². The smallest absolute Gasteiger partial charge is 0.321 e. The molecule has 94 valence electrons. The van der Waals surface area contributed by atoms with Crippen molar-refractivity contribution in [1.82, 2.24) is 10.6 Å². The Morgan fingerprint density at radius 1 is 1.31 bits per heavy atom. The lowest BCUT2D eigenvalue weighted by Crippen LogP contribution is -2.44. The van der Waals surface area contributed by atoms with Gasteiger partial charge in [-0.2, -0.15) is 0 Å². The fraction of sp³-hybridized carbons (Fsp3) is 0.818. The van der Waals surface area contributed by atoms with Gasteiger partial charge in [-0.15, -0.1) is 11.6 Å². The molecule has 16 heavy (non-hydrogen) atoms. The normalized spacial score (nSPS) is 11.4. The summed E-state index contributed by atoms with van der Waals surface area (Å²) in [5.74, 6) is 0.317. The van der Waals surface area contributed by atoms with Crippen molar-refractivity contribution in [2.45, 2.75) is 34.1 Å². The average molecular weight is 249 g/mol. The summed E-state index contributed by atoms with van der Waals surface area (Å²) in [6, 6.07) is -0.455. The van der Waals surface area contributed by atoms with Gasteiger partial charge in [0.05, 0.1) is 0 Å². The zero-order chi connectivity index (χ0) is 12.8. The summed E-state index contributed by atoms with van der Waals surface area (Å²) >= 11 is 5.38. The van der Waals surface area contributed by atoms with E-state index in [0.717, 1.165) is 0 Å². The minimum atomic E-state index is -0.455. The van der Waals surface area contributed by atoms with Gasteiger partial charge < -0.3 is 5.32 Å². The molecule has 0 fully saturated rings. The summed E-state index contributed by atoms with van der Waals surface area (Å²) < 4.78 is 0. The first-order valence-corrected chi connectivity index (χ1v) is 5.96. The lowest BCUT2D eigenvalue weighted by molar-refractivity contribution is -0.119. The number of carbonyl (C=O) groups excluding carboxylic acids is 2. The van der Waals surface area contributed by atoms with Crippen molar-refractivity contribution in [3.8, 4) is 0 Å². The lowest BCUT2D eigenvalue weighted by atomic mass is 9.81. The fourth-order valence-corrected chi connectivity index (χ4v) is 1.00. The molecule has 0 atom stereocenters. The van der Waals surface area contributed by atoms with Crippen LogP contribution in [0.25, 0.3) is 0 Å². The van der Waals surface area contributed by atoms with E-state index in [2.05, 4.69) is 38.3 Å². The third kappa shape index (κ3) is 5.95. The largest absolute Gasteiger partial charge is 0.337 e. The summed E-state index contributed by atoms with van der Waals surface area (Å²) in [5.41, 5.74) is 0.00682. The molecule has 0 bridgehead atoms. The minimum absolute atomic E-state index is 0.00682. The highest BCUT2D eigenvalue weighted by atomic mass is 35.5. The van der Waals surface area contributed by atoms with Gasteiger partial charge in [0.25, 0.3) is 0 Å². The zero-order valence-electron chi connectivity index (χ0n) is 10.4. The summed E-state index contributed by atoms with van der Waals surface area (Å²) in [7, 11) is 0. The number of rotatable bonds is 5. The zero-order valence-corrected chi connectivity index (χ0v) is 11.1. The molecular formula is C11H21ClN2O2. The van der Waals surface area contributed by atoms with Crippen molar-refractivity contribution < 1.29 is 9.59 Å². The predicted molar refractivity (Wildman–Crippen MR) is 65.5 cm³/mol. The van der Waals surface area contributed by atoms with E-state index in [9.17, 15) is 9.59 Å². The Morgan fingerprint density at radius 2 is 1.88 bits per heavy atom. The van der Waals surface area contributed by atoms with E-state index < -0.39 is 6.03 Å². The average Bonchev–Trinajstić information content (AvgIpc) is 2.15. The summed E-state index contributed by atoms with van der Waals surface area (Å²) in [6.45, 7) is 8.86. The molecule has 2 N–H and O–H groups in total. The van der Waals surface area contributed by atoms with Crippen LogP contribution in [0.15, 0.2) is 0 Å². The molecule has 0 rings (SSSR count). The molecule has 0 aromatic carbocycles. The van der Waals surface area contributed by atoms with E-state index >= 15 is 0 Å². The van der Waals surface area contributed by atoms with Gasteiger partial charge >= 0.3 is 6.03 Å². The van der Waals surface area contributed by atoms with E-state index in [4.69, 9.17) is 11.6 Å². The van der Waals surface area contributed by atoms with Crippen LogP contribution in [0.1, 0.15) is 34.1 Å². The molecular weight excluding hydrogens is 228 g/mol. The topological polar surface area (TPSA) is 58.2 Å². The third-order valence-corrected chi connectivity index (χ3v) is 3.03. The molecule has 0 spiro atoms. The van der Waals surface area contributed by atoms with Crippen LogP contribution in [0.2, 0.25) is 0 Å². The Labute approximate surface area is 102 Å². The first kappa shape index (κ1) is 15.2. The van der Waals surface area contributed by atoms with Crippen molar-refractivity contribution >= 4 is 23.5 Å². The second-order valence-electron chi connectivity index (χ2n) is 4.81. The molecule has 0 unspecified atom stereocenters. The molecule has 0 radical (unpaired) electrons. The summed E-state index contributed by atoms with van der Waals surface area (Å²) in [6.07, 6.45) is 0.155. The van der Waals surface area contributed by atoms with Gasteiger partial charge in [-0.1, -0.05) is 27.7 Å². The molecule has 4 nitrogen and oxygen atoms in total. The minimum Gasteiger partial charge on any atom is -0.337 e. The van der Waals surface area contributed by atoms with Gasteiger partial charge in [-0.05, 0) is 11.3 Å². The van der Waals surface area contributed by atoms with Crippen molar-refractivity contribution in [3.05, 3.63) is 0 Å². The number of urea groups is 1. The van der Waals surface area contributed by atoms with Crippen LogP contribution in [-0.4, -0.2) is 24.4 Å². The summed E-state index contributed by atoms with van der Waals surface area (Å²) in [5, 5.41) is 4.90.